The van der Waals surface area contributed by atoms with Gasteiger partial charge in [-0.2, -0.15) is 0 Å². The lowest BCUT2D eigenvalue weighted by molar-refractivity contribution is -0.148. The molecule has 0 spiro atoms. The fraction of sp³-hybridized carbons (Fsp3) is 0.350. The number of pyridine rings is 1. The molecule has 1 fully saturated rings. The number of amides is 1. The summed E-state index contributed by atoms with van der Waals surface area (Å²) in [6.45, 7) is 2.12. The van der Waals surface area contributed by atoms with E-state index in [4.69, 9.17) is 16.3 Å². The number of aromatic nitrogens is 1. The van der Waals surface area contributed by atoms with Crippen molar-refractivity contribution in [2.45, 2.75) is 11.1 Å². The minimum atomic E-state index is -0.587. The summed E-state index contributed by atoms with van der Waals surface area (Å²) < 4.78 is 5.02. The maximum atomic E-state index is 12.9. The number of thioether (sulfide) groups is 1. The van der Waals surface area contributed by atoms with Gasteiger partial charge in [-0.05, 0) is 30.0 Å². The molecule has 6 nitrogen and oxygen atoms in total. The summed E-state index contributed by atoms with van der Waals surface area (Å²) in [6, 6.07) is 10.3. The number of carbonyl (C=O) groups is 2. The molecule has 1 aliphatic rings. The van der Waals surface area contributed by atoms with Crippen molar-refractivity contribution in [1.82, 2.24) is 14.8 Å². The second kappa shape index (κ2) is 9.41. The first-order valence-corrected chi connectivity index (χ1v) is 10.5. The molecule has 0 radical (unpaired) electrons. The molecule has 0 N–H and O–H groups in total. The van der Waals surface area contributed by atoms with E-state index in [9.17, 15) is 9.59 Å². The van der Waals surface area contributed by atoms with Gasteiger partial charge in [0.2, 0.25) is 0 Å². The number of hydrogen-bond donors (Lipinski definition) is 0. The van der Waals surface area contributed by atoms with Crippen LogP contribution in [-0.4, -0.2) is 66.2 Å². The molecule has 2 heterocycles. The molecule has 1 atom stereocenters. The number of ether oxygens (including phenoxy) is 1. The van der Waals surface area contributed by atoms with Gasteiger partial charge in [0.15, 0.2) is 0 Å². The van der Waals surface area contributed by atoms with Crippen LogP contribution in [0.25, 0.3) is 0 Å². The third kappa shape index (κ3) is 4.32. The molecule has 0 aliphatic carbocycles. The van der Waals surface area contributed by atoms with Crippen molar-refractivity contribution in [2.75, 3.05) is 39.5 Å². The number of esters is 1. The van der Waals surface area contributed by atoms with Crippen molar-refractivity contribution in [1.29, 1.82) is 0 Å². The molecule has 28 heavy (non-hydrogen) atoms. The van der Waals surface area contributed by atoms with Crippen LogP contribution >= 0.6 is 23.4 Å². The average Bonchev–Trinajstić information content (AvgIpc) is 2.75. The summed E-state index contributed by atoms with van der Waals surface area (Å²) in [4.78, 5) is 33.5. The normalized spacial score (nSPS) is 15.9. The van der Waals surface area contributed by atoms with Gasteiger partial charge in [-0.3, -0.25) is 9.69 Å². The summed E-state index contributed by atoms with van der Waals surface area (Å²) in [6.07, 6.45) is 3.59. The van der Waals surface area contributed by atoms with Crippen molar-refractivity contribution in [3.05, 3.63) is 58.7 Å². The Morgan fingerprint density at radius 3 is 2.50 bits per heavy atom. The zero-order valence-electron chi connectivity index (χ0n) is 15.8. The van der Waals surface area contributed by atoms with Crippen molar-refractivity contribution < 1.29 is 14.3 Å². The minimum Gasteiger partial charge on any atom is -0.468 e. The van der Waals surface area contributed by atoms with Gasteiger partial charge in [-0.25, -0.2) is 9.78 Å². The zero-order valence-corrected chi connectivity index (χ0v) is 17.4. The number of piperazine rings is 1. The van der Waals surface area contributed by atoms with Crippen LogP contribution in [0.4, 0.5) is 0 Å². The van der Waals surface area contributed by atoms with Crippen LogP contribution < -0.4 is 0 Å². The molecule has 1 unspecified atom stereocenters. The predicted molar refractivity (Wildman–Crippen MR) is 110 cm³/mol. The molecule has 2 aromatic rings. The molecule has 3 rings (SSSR count). The Labute approximate surface area is 173 Å². The summed E-state index contributed by atoms with van der Waals surface area (Å²) in [7, 11) is 1.37. The zero-order chi connectivity index (χ0) is 20.1. The average molecular weight is 420 g/mol. The Morgan fingerprint density at radius 2 is 1.86 bits per heavy atom. The lowest BCUT2D eigenvalue weighted by Crippen LogP contribution is -2.51. The summed E-state index contributed by atoms with van der Waals surface area (Å²) in [5.74, 6) is -0.394. The first kappa shape index (κ1) is 20.6. The van der Waals surface area contributed by atoms with E-state index in [0.29, 0.717) is 42.3 Å². The molecule has 1 aliphatic heterocycles. The number of rotatable bonds is 5. The van der Waals surface area contributed by atoms with E-state index < -0.39 is 6.04 Å². The molecule has 1 aromatic heterocycles. The van der Waals surface area contributed by atoms with Crippen molar-refractivity contribution in [3.8, 4) is 0 Å². The monoisotopic (exact) mass is 419 g/mol. The van der Waals surface area contributed by atoms with Gasteiger partial charge < -0.3 is 9.64 Å². The highest BCUT2D eigenvalue weighted by atomic mass is 35.5. The van der Waals surface area contributed by atoms with Gasteiger partial charge >= 0.3 is 5.97 Å². The van der Waals surface area contributed by atoms with E-state index >= 15 is 0 Å². The Hall–Kier alpha value is -2.09. The topological polar surface area (TPSA) is 62.7 Å². The number of carbonyl (C=O) groups excluding carboxylic acids is 2. The summed E-state index contributed by atoms with van der Waals surface area (Å²) in [5, 5.41) is 1.25. The fourth-order valence-electron chi connectivity index (χ4n) is 3.35. The van der Waals surface area contributed by atoms with Crippen LogP contribution in [0, 0.1) is 0 Å². The molecular formula is C20H22ClN3O3S. The standard InChI is InChI=1S/C20H22ClN3O3S/c1-27-20(26)17(14-6-3-4-8-16(14)21)23-10-12-24(13-11-23)19(25)15-7-5-9-22-18(15)28-2/h3-9,17H,10-13H2,1-2H3. The van der Waals surface area contributed by atoms with Gasteiger partial charge in [0.05, 0.1) is 12.7 Å². The highest BCUT2D eigenvalue weighted by Crippen LogP contribution is 2.30. The quantitative estimate of drug-likeness (QED) is 0.548. The number of hydrogen-bond acceptors (Lipinski definition) is 6. The first-order chi connectivity index (χ1) is 13.6. The number of benzene rings is 1. The van der Waals surface area contributed by atoms with Gasteiger partial charge in [-0.15, -0.1) is 11.8 Å². The Morgan fingerprint density at radius 1 is 1.14 bits per heavy atom. The minimum absolute atomic E-state index is 0.0375. The summed E-state index contributed by atoms with van der Waals surface area (Å²) >= 11 is 7.78. The fourth-order valence-corrected chi connectivity index (χ4v) is 4.13. The lowest BCUT2D eigenvalue weighted by atomic mass is 10.0. The predicted octanol–water partition coefficient (Wildman–Crippen LogP) is 3.13. The molecule has 1 amide bonds. The van der Waals surface area contributed by atoms with E-state index in [1.807, 2.05) is 29.4 Å². The third-order valence-corrected chi connectivity index (χ3v) is 5.84. The highest BCUT2D eigenvalue weighted by Gasteiger charge is 2.34. The van der Waals surface area contributed by atoms with Crippen LogP contribution in [0.2, 0.25) is 5.02 Å². The molecule has 1 aromatic carbocycles. The van der Waals surface area contributed by atoms with Crippen molar-refractivity contribution in [2.24, 2.45) is 0 Å². The van der Waals surface area contributed by atoms with Gasteiger partial charge in [0.25, 0.3) is 5.91 Å². The smallest absolute Gasteiger partial charge is 0.327 e. The first-order valence-electron chi connectivity index (χ1n) is 8.91. The van der Waals surface area contributed by atoms with E-state index in [2.05, 4.69) is 4.98 Å². The Balaban J connectivity index is 1.75. The third-order valence-electron chi connectivity index (χ3n) is 4.79. The molecular weight excluding hydrogens is 398 g/mol. The maximum Gasteiger partial charge on any atom is 0.327 e. The van der Waals surface area contributed by atoms with Crippen molar-refractivity contribution >= 4 is 35.2 Å². The molecule has 8 heteroatoms. The lowest BCUT2D eigenvalue weighted by Gasteiger charge is -2.38. The number of halogens is 1. The van der Waals surface area contributed by atoms with Crippen molar-refractivity contribution in [3.63, 3.8) is 0 Å². The molecule has 148 valence electrons. The largest absolute Gasteiger partial charge is 0.468 e. The van der Waals surface area contributed by atoms with Crippen LogP contribution in [0.5, 0.6) is 0 Å². The maximum absolute atomic E-state index is 12.9. The molecule has 1 saturated heterocycles. The van der Waals surface area contributed by atoms with Crippen LogP contribution in [0.1, 0.15) is 22.0 Å². The molecule has 0 bridgehead atoms. The second-order valence-corrected chi connectivity index (χ2v) is 7.54. The highest BCUT2D eigenvalue weighted by molar-refractivity contribution is 7.98. The second-order valence-electron chi connectivity index (χ2n) is 6.34. The van der Waals surface area contributed by atoms with E-state index in [1.165, 1.54) is 18.9 Å². The summed E-state index contributed by atoms with van der Waals surface area (Å²) in [5.41, 5.74) is 1.33. The van der Waals surface area contributed by atoms with E-state index in [1.54, 1.807) is 29.3 Å². The number of methoxy groups -OCH3 is 1. The van der Waals surface area contributed by atoms with Crippen LogP contribution in [0.15, 0.2) is 47.6 Å². The van der Waals surface area contributed by atoms with Gasteiger partial charge in [-0.1, -0.05) is 29.8 Å². The van der Waals surface area contributed by atoms with Gasteiger partial charge in [0.1, 0.15) is 11.1 Å². The van der Waals surface area contributed by atoms with Crippen LogP contribution in [-0.2, 0) is 9.53 Å². The Bertz CT molecular complexity index is 856. The van der Waals surface area contributed by atoms with E-state index in [0.717, 1.165) is 5.03 Å². The van der Waals surface area contributed by atoms with Gasteiger partial charge in [0, 0.05) is 37.4 Å². The number of nitrogens with zero attached hydrogens (tertiary/aromatic N) is 3. The Kier molecular flexibility index (Phi) is 6.93. The van der Waals surface area contributed by atoms with E-state index in [-0.39, 0.29) is 11.9 Å². The SMILES string of the molecule is COC(=O)C(c1ccccc1Cl)N1CCN(C(=O)c2cccnc2SC)CC1. The van der Waals surface area contributed by atoms with Crippen LogP contribution in [0.3, 0.4) is 0 Å². The molecule has 0 saturated carbocycles.